The molecule has 2 aromatic rings. The Kier molecular flexibility index (Phi) is 5.14. The number of hydrogen-bond acceptors (Lipinski definition) is 4. The smallest absolute Gasteiger partial charge is 0.255 e. The van der Waals surface area contributed by atoms with Crippen molar-refractivity contribution in [1.82, 2.24) is 20.0 Å². The molecule has 1 aliphatic rings. The van der Waals surface area contributed by atoms with E-state index in [-0.39, 0.29) is 17.7 Å². The number of carbonyl (C=O) groups is 2. The summed E-state index contributed by atoms with van der Waals surface area (Å²) in [5.74, 6) is 0.00803. The van der Waals surface area contributed by atoms with E-state index < -0.39 is 0 Å². The molecule has 3 rings (SSSR count). The average molecular weight is 341 g/mol. The van der Waals surface area contributed by atoms with Gasteiger partial charge in [-0.05, 0) is 30.7 Å². The highest BCUT2D eigenvalue weighted by Gasteiger charge is 2.27. The van der Waals surface area contributed by atoms with Crippen molar-refractivity contribution in [2.24, 2.45) is 13.0 Å². The number of likely N-dealkylation sites (tertiary alicyclic amines) is 1. The van der Waals surface area contributed by atoms with Crippen molar-refractivity contribution in [2.45, 2.75) is 13.0 Å². The fraction of sp³-hybridized carbons (Fsp3) is 0.389. The zero-order valence-corrected chi connectivity index (χ0v) is 14.5. The second-order valence-electron chi connectivity index (χ2n) is 6.39. The molecule has 0 bridgehead atoms. The first-order valence-corrected chi connectivity index (χ1v) is 8.38. The van der Waals surface area contributed by atoms with Gasteiger partial charge in [-0.15, -0.1) is 0 Å². The Morgan fingerprint density at radius 3 is 2.92 bits per heavy atom. The number of aryl methyl sites for hydroxylation is 1. The lowest BCUT2D eigenvalue weighted by molar-refractivity contribution is -0.124. The number of carbonyl (C=O) groups excluding carboxylic acids is 2. The molecule has 2 N–H and O–H groups in total. The molecule has 25 heavy (non-hydrogen) atoms. The standard InChI is InChI=1S/C18H23N5O2/c1-19-17(24)15-6-7-23(11-15)10-13-4-3-5-14(8-13)18(25)21-16-9-20-22(2)12-16/h3-5,8-9,12,15H,6-7,10-11H2,1-2H3,(H,19,24)(H,21,25)/t15-/m1/s1. The van der Waals surface area contributed by atoms with E-state index in [1.165, 1.54) is 0 Å². The van der Waals surface area contributed by atoms with Crippen molar-refractivity contribution in [3.63, 3.8) is 0 Å². The van der Waals surface area contributed by atoms with Gasteiger partial charge >= 0.3 is 0 Å². The molecule has 0 aliphatic carbocycles. The molecule has 1 fully saturated rings. The Hall–Kier alpha value is -2.67. The SMILES string of the molecule is CNC(=O)[C@@H]1CCN(Cc2cccc(C(=O)Nc3cnn(C)c3)c2)C1. The normalized spacial score (nSPS) is 17.4. The summed E-state index contributed by atoms with van der Waals surface area (Å²) in [7, 11) is 3.48. The third kappa shape index (κ3) is 4.24. The van der Waals surface area contributed by atoms with Crippen LogP contribution < -0.4 is 10.6 Å². The predicted molar refractivity (Wildman–Crippen MR) is 95.1 cm³/mol. The minimum absolute atomic E-state index is 0.0575. The number of amides is 2. The maximum Gasteiger partial charge on any atom is 0.255 e. The van der Waals surface area contributed by atoms with Gasteiger partial charge in [-0.1, -0.05) is 12.1 Å². The summed E-state index contributed by atoms with van der Waals surface area (Å²) in [6, 6.07) is 7.60. The number of nitrogens with zero attached hydrogens (tertiary/aromatic N) is 3. The molecular formula is C18H23N5O2. The molecule has 1 saturated heterocycles. The summed E-state index contributed by atoms with van der Waals surface area (Å²) in [5, 5.41) is 9.60. The van der Waals surface area contributed by atoms with Crippen LogP contribution in [0.2, 0.25) is 0 Å². The van der Waals surface area contributed by atoms with Gasteiger partial charge in [0.2, 0.25) is 5.91 Å². The average Bonchev–Trinajstić information content (AvgIpc) is 3.23. The zero-order chi connectivity index (χ0) is 17.8. The summed E-state index contributed by atoms with van der Waals surface area (Å²) in [4.78, 5) is 26.4. The molecule has 1 atom stereocenters. The molecule has 0 radical (unpaired) electrons. The Morgan fingerprint density at radius 1 is 1.36 bits per heavy atom. The van der Waals surface area contributed by atoms with Gasteiger partial charge in [0.25, 0.3) is 5.91 Å². The second kappa shape index (κ2) is 7.48. The van der Waals surface area contributed by atoms with E-state index in [4.69, 9.17) is 0 Å². The molecule has 1 aromatic carbocycles. The van der Waals surface area contributed by atoms with Crippen LogP contribution in [0, 0.1) is 5.92 Å². The fourth-order valence-electron chi connectivity index (χ4n) is 3.15. The van der Waals surface area contributed by atoms with Crippen LogP contribution in [-0.4, -0.2) is 46.6 Å². The van der Waals surface area contributed by atoms with Crippen LogP contribution in [0.3, 0.4) is 0 Å². The van der Waals surface area contributed by atoms with Crippen molar-refractivity contribution in [2.75, 3.05) is 25.5 Å². The third-order valence-corrected chi connectivity index (χ3v) is 4.45. The highest BCUT2D eigenvalue weighted by Crippen LogP contribution is 2.19. The van der Waals surface area contributed by atoms with Crippen LogP contribution in [0.4, 0.5) is 5.69 Å². The number of rotatable bonds is 5. The van der Waals surface area contributed by atoms with E-state index >= 15 is 0 Å². The van der Waals surface area contributed by atoms with Gasteiger partial charge in [-0.2, -0.15) is 5.10 Å². The lowest BCUT2D eigenvalue weighted by Crippen LogP contribution is -2.30. The van der Waals surface area contributed by atoms with Crippen LogP contribution >= 0.6 is 0 Å². The topological polar surface area (TPSA) is 79.3 Å². The first-order valence-electron chi connectivity index (χ1n) is 8.38. The van der Waals surface area contributed by atoms with Gasteiger partial charge in [-0.25, -0.2) is 0 Å². The van der Waals surface area contributed by atoms with Gasteiger partial charge in [0, 0.05) is 38.9 Å². The molecule has 2 heterocycles. The maximum absolute atomic E-state index is 12.4. The summed E-state index contributed by atoms with van der Waals surface area (Å²) in [5.41, 5.74) is 2.35. The van der Waals surface area contributed by atoms with E-state index in [2.05, 4.69) is 20.6 Å². The monoisotopic (exact) mass is 341 g/mol. The molecule has 2 amide bonds. The highest BCUT2D eigenvalue weighted by molar-refractivity contribution is 6.04. The van der Waals surface area contributed by atoms with E-state index in [1.807, 2.05) is 18.2 Å². The molecule has 1 aromatic heterocycles. The lowest BCUT2D eigenvalue weighted by Gasteiger charge is -2.16. The third-order valence-electron chi connectivity index (χ3n) is 4.45. The minimum Gasteiger partial charge on any atom is -0.359 e. The number of hydrogen-bond donors (Lipinski definition) is 2. The molecule has 7 nitrogen and oxygen atoms in total. The van der Waals surface area contributed by atoms with Crippen molar-refractivity contribution in [3.8, 4) is 0 Å². The van der Waals surface area contributed by atoms with Crippen molar-refractivity contribution >= 4 is 17.5 Å². The van der Waals surface area contributed by atoms with Gasteiger partial charge in [0.1, 0.15) is 0 Å². The molecule has 0 unspecified atom stereocenters. The van der Waals surface area contributed by atoms with Gasteiger partial charge < -0.3 is 10.6 Å². The zero-order valence-electron chi connectivity index (χ0n) is 14.5. The quantitative estimate of drug-likeness (QED) is 0.858. The Bertz CT molecular complexity index is 770. The summed E-state index contributed by atoms with van der Waals surface area (Å²) < 4.78 is 1.64. The van der Waals surface area contributed by atoms with E-state index in [9.17, 15) is 9.59 Å². The van der Waals surface area contributed by atoms with Gasteiger partial charge in [0.15, 0.2) is 0 Å². The largest absolute Gasteiger partial charge is 0.359 e. The first kappa shape index (κ1) is 17.2. The number of nitrogens with one attached hydrogen (secondary N) is 2. The molecular weight excluding hydrogens is 318 g/mol. The summed E-state index contributed by atoms with van der Waals surface area (Å²) in [6.45, 7) is 2.39. The molecule has 0 saturated carbocycles. The number of benzene rings is 1. The number of aromatic nitrogens is 2. The maximum atomic E-state index is 12.4. The van der Waals surface area contributed by atoms with Crippen molar-refractivity contribution in [3.05, 3.63) is 47.8 Å². The van der Waals surface area contributed by atoms with Crippen LogP contribution in [0.1, 0.15) is 22.3 Å². The van der Waals surface area contributed by atoms with Gasteiger partial charge in [0.05, 0.1) is 17.8 Å². The first-order chi connectivity index (χ1) is 12.0. The summed E-state index contributed by atoms with van der Waals surface area (Å²) in [6.07, 6.45) is 4.25. The van der Waals surface area contributed by atoms with Gasteiger partial charge in [-0.3, -0.25) is 19.2 Å². The van der Waals surface area contributed by atoms with E-state index in [0.29, 0.717) is 11.3 Å². The number of anilines is 1. The Morgan fingerprint density at radius 2 is 2.20 bits per heavy atom. The van der Waals surface area contributed by atoms with Crippen LogP contribution in [0.25, 0.3) is 0 Å². The molecule has 7 heteroatoms. The Labute approximate surface area is 147 Å². The van der Waals surface area contributed by atoms with Crippen LogP contribution in [0.15, 0.2) is 36.7 Å². The van der Waals surface area contributed by atoms with Crippen LogP contribution in [0.5, 0.6) is 0 Å². The van der Waals surface area contributed by atoms with Crippen molar-refractivity contribution < 1.29 is 9.59 Å². The van der Waals surface area contributed by atoms with E-state index in [1.54, 1.807) is 37.2 Å². The highest BCUT2D eigenvalue weighted by atomic mass is 16.2. The van der Waals surface area contributed by atoms with Crippen molar-refractivity contribution in [1.29, 1.82) is 0 Å². The molecule has 132 valence electrons. The minimum atomic E-state index is -0.153. The van der Waals surface area contributed by atoms with Crippen LogP contribution in [-0.2, 0) is 18.4 Å². The lowest BCUT2D eigenvalue weighted by atomic mass is 10.1. The molecule has 1 aliphatic heterocycles. The predicted octanol–water partition coefficient (Wildman–Crippen LogP) is 1.24. The second-order valence-corrected chi connectivity index (χ2v) is 6.39. The molecule has 0 spiro atoms. The fourth-order valence-corrected chi connectivity index (χ4v) is 3.15. The van der Waals surface area contributed by atoms with E-state index in [0.717, 1.165) is 31.6 Å². The summed E-state index contributed by atoms with van der Waals surface area (Å²) >= 11 is 0. The Balaban J connectivity index is 1.61.